The molecule has 2 saturated heterocycles. The van der Waals surface area contributed by atoms with Crippen LogP contribution in [0.1, 0.15) is 18.4 Å². The van der Waals surface area contributed by atoms with Gasteiger partial charge in [-0.05, 0) is 31.0 Å². The van der Waals surface area contributed by atoms with Crippen LogP contribution in [0.5, 0.6) is 5.75 Å². The molecular formula is C17H25N3O3. The lowest BCUT2D eigenvalue weighted by Gasteiger charge is -2.23. The molecule has 0 aliphatic carbocycles. The third kappa shape index (κ3) is 3.33. The first kappa shape index (κ1) is 16.2. The SMILES string of the molecule is COCCN1CCC2(CCN(Cc3cncc(OC)c3)C2)C1=O. The predicted molar refractivity (Wildman–Crippen MR) is 86.2 cm³/mol. The number of hydrogen-bond donors (Lipinski definition) is 0. The standard InChI is InChI=1S/C17H25N3O3/c1-22-8-7-20-6-4-17(16(20)21)3-5-19(13-17)12-14-9-15(23-2)11-18-10-14/h9-11H,3-8,12-13H2,1-2H3. The van der Waals surface area contributed by atoms with E-state index in [0.29, 0.717) is 19.1 Å². The molecule has 23 heavy (non-hydrogen) atoms. The normalized spacial score (nSPS) is 24.8. The monoisotopic (exact) mass is 319 g/mol. The Hall–Kier alpha value is -1.66. The minimum absolute atomic E-state index is 0.181. The van der Waals surface area contributed by atoms with Crippen molar-refractivity contribution < 1.29 is 14.3 Å². The van der Waals surface area contributed by atoms with Gasteiger partial charge in [-0.1, -0.05) is 0 Å². The zero-order valence-electron chi connectivity index (χ0n) is 14.0. The van der Waals surface area contributed by atoms with Crippen molar-refractivity contribution in [3.05, 3.63) is 24.0 Å². The molecule has 3 heterocycles. The molecule has 1 spiro atoms. The van der Waals surface area contributed by atoms with Crippen molar-refractivity contribution in [3.8, 4) is 5.75 Å². The summed E-state index contributed by atoms with van der Waals surface area (Å²) in [6.07, 6.45) is 5.49. The maximum atomic E-state index is 12.7. The van der Waals surface area contributed by atoms with E-state index in [1.165, 1.54) is 0 Å². The molecule has 0 saturated carbocycles. The molecule has 1 aromatic heterocycles. The van der Waals surface area contributed by atoms with Crippen molar-refractivity contribution in [3.63, 3.8) is 0 Å². The van der Waals surface area contributed by atoms with Crippen LogP contribution in [0.3, 0.4) is 0 Å². The first-order valence-electron chi connectivity index (χ1n) is 8.15. The molecule has 0 bridgehead atoms. The van der Waals surface area contributed by atoms with Gasteiger partial charge in [0, 0.05) is 39.5 Å². The van der Waals surface area contributed by atoms with E-state index >= 15 is 0 Å². The van der Waals surface area contributed by atoms with Crippen molar-refractivity contribution >= 4 is 5.91 Å². The summed E-state index contributed by atoms with van der Waals surface area (Å²) in [5.41, 5.74) is 0.947. The third-order valence-corrected chi connectivity index (χ3v) is 5.01. The number of hydrogen-bond acceptors (Lipinski definition) is 5. The molecule has 2 aliphatic heterocycles. The molecule has 0 radical (unpaired) electrons. The topological polar surface area (TPSA) is 54.9 Å². The maximum Gasteiger partial charge on any atom is 0.230 e. The minimum Gasteiger partial charge on any atom is -0.495 e. The van der Waals surface area contributed by atoms with Gasteiger partial charge in [-0.2, -0.15) is 0 Å². The summed E-state index contributed by atoms with van der Waals surface area (Å²) in [6.45, 7) is 4.79. The fraction of sp³-hybridized carbons (Fsp3) is 0.647. The van der Waals surface area contributed by atoms with Crippen LogP contribution in [-0.2, 0) is 16.1 Å². The van der Waals surface area contributed by atoms with Crippen LogP contribution < -0.4 is 4.74 Å². The van der Waals surface area contributed by atoms with Crippen molar-refractivity contribution in [1.82, 2.24) is 14.8 Å². The van der Waals surface area contributed by atoms with Gasteiger partial charge in [0.05, 0.1) is 25.3 Å². The molecule has 126 valence electrons. The largest absolute Gasteiger partial charge is 0.495 e. The Morgan fingerprint density at radius 2 is 2.09 bits per heavy atom. The second-order valence-corrected chi connectivity index (χ2v) is 6.51. The van der Waals surface area contributed by atoms with Gasteiger partial charge in [0.1, 0.15) is 5.75 Å². The predicted octanol–water partition coefficient (Wildman–Crippen LogP) is 1.16. The van der Waals surface area contributed by atoms with Crippen molar-refractivity contribution in [2.45, 2.75) is 19.4 Å². The van der Waals surface area contributed by atoms with E-state index in [0.717, 1.165) is 50.3 Å². The van der Waals surface area contributed by atoms with Gasteiger partial charge in [-0.25, -0.2) is 0 Å². The molecule has 6 heteroatoms. The van der Waals surface area contributed by atoms with Crippen molar-refractivity contribution in [2.75, 3.05) is 47.0 Å². The number of likely N-dealkylation sites (tertiary alicyclic amines) is 2. The van der Waals surface area contributed by atoms with Crippen LogP contribution >= 0.6 is 0 Å². The molecule has 1 aromatic rings. The van der Waals surface area contributed by atoms with E-state index in [2.05, 4.69) is 9.88 Å². The maximum absolute atomic E-state index is 12.7. The number of pyridine rings is 1. The molecule has 1 unspecified atom stereocenters. The molecule has 2 aliphatic rings. The number of carbonyl (C=O) groups excluding carboxylic acids is 1. The Balaban J connectivity index is 1.61. The number of nitrogens with zero attached hydrogens (tertiary/aromatic N) is 3. The van der Waals surface area contributed by atoms with Gasteiger partial charge in [-0.15, -0.1) is 0 Å². The van der Waals surface area contributed by atoms with Gasteiger partial charge < -0.3 is 14.4 Å². The smallest absolute Gasteiger partial charge is 0.230 e. The van der Waals surface area contributed by atoms with Crippen LogP contribution in [-0.4, -0.2) is 67.7 Å². The van der Waals surface area contributed by atoms with Crippen molar-refractivity contribution in [2.24, 2.45) is 5.41 Å². The van der Waals surface area contributed by atoms with E-state index in [9.17, 15) is 4.79 Å². The summed E-state index contributed by atoms with van der Waals surface area (Å²) >= 11 is 0. The summed E-state index contributed by atoms with van der Waals surface area (Å²) in [5, 5.41) is 0. The highest BCUT2D eigenvalue weighted by Gasteiger charge is 2.50. The Labute approximate surface area is 137 Å². The molecule has 6 nitrogen and oxygen atoms in total. The van der Waals surface area contributed by atoms with E-state index < -0.39 is 0 Å². The summed E-state index contributed by atoms with van der Waals surface area (Å²) in [4.78, 5) is 21.3. The highest BCUT2D eigenvalue weighted by Crippen LogP contribution is 2.41. The highest BCUT2D eigenvalue weighted by molar-refractivity contribution is 5.85. The van der Waals surface area contributed by atoms with E-state index in [-0.39, 0.29) is 5.41 Å². The van der Waals surface area contributed by atoms with E-state index in [4.69, 9.17) is 9.47 Å². The lowest BCUT2D eigenvalue weighted by atomic mass is 9.85. The summed E-state index contributed by atoms with van der Waals surface area (Å²) in [5.74, 6) is 1.08. The number of rotatable bonds is 6. The number of amides is 1. The average molecular weight is 319 g/mol. The molecule has 1 atom stereocenters. The van der Waals surface area contributed by atoms with Gasteiger partial charge in [-0.3, -0.25) is 14.7 Å². The Bertz CT molecular complexity index is 566. The number of carbonyl (C=O) groups is 1. The first-order chi connectivity index (χ1) is 11.2. The summed E-state index contributed by atoms with van der Waals surface area (Å²) in [6, 6.07) is 2.01. The minimum atomic E-state index is -0.181. The van der Waals surface area contributed by atoms with Gasteiger partial charge in [0.15, 0.2) is 0 Å². The van der Waals surface area contributed by atoms with Crippen LogP contribution in [0.15, 0.2) is 18.5 Å². The van der Waals surface area contributed by atoms with Gasteiger partial charge in [0.2, 0.25) is 5.91 Å². The quantitative estimate of drug-likeness (QED) is 0.787. The first-order valence-corrected chi connectivity index (χ1v) is 8.15. The summed E-state index contributed by atoms with van der Waals surface area (Å²) < 4.78 is 10.3. The van der Waals surface area contributed by atoms with Crippen LogP contribution in [0.4, 0.5) is 0 Å². The number of methoxy groups -OCH3 is 2. The van der Waals surface area contributed by atoms with Crippen LogP contribution in [0, 0.1) is 5.41 Å². The average Bonchev–Trinajstić information content (AvgIpc) is 3.11. The van der Waals surface area contributed by atoms with E-state index in [1.54, 1.807) is 20.4 Å². The molecule has 0 N–H and O–H groups in total. The fourth-order valence-electron chi connectivity index (χ4n) is 3.70. The Morgan fingerprint density at radius 3 is 2.87 bits per heavy atom. The molecule has 2 fully saturated rings. The van der Waals surface area contributed by atoms with Crippen LogP contribution in [0.25, 0.3) is 0 Å². The lowest BCUT2D eigenvalue weighted by molar-refractivity contribution is -0.136. The molecule has 3 rings (SSSR count). The number of ether oxygens (including phenoxy) is 2. The second-order valence-electron chi connectivity index (χ2n) is 6.51. The summed E-state index contributed by atoms with van der Waals surface area (Å²) in [7, 11) is 3.33. The van der Waals surface area contributed by atoms with E-state index in [1.807, 2.05) is 17.2 Å². The van der Waals surface area contributed by atoms with Gasteiger partial charge >= 0.3 is 0 Å². The van der Waals surface area contributed by atoms with Crippen molar-refractivity contribution in [1.29, 1.82) is 0 Å². The molecule has 0 aromatic carbocycles. The zero-order chi connectivity index (χ0) is 16.3. The zero-order valence-corrected chi connectivity index (χ0v) is 14.0. The fourth-order valence-corrected chi connectivity index (χ4v) is 3.70. The Morgan fingerprint density at radius 1 is 1.26 bits per heavy atom. The lowest BCUT2D eigenvalue weighted by Crippen LogP contribution is -2.38. The second kappa shape index (κ2) is 6.84. The molecular weight excluding hydrogens is 294 g/mol. The Kier molecular flexibility index (Phi) is 4.82. The third-order valence-electron chi connectivity index (χ3n) is 5.01. The number of aromatic nitrogens is 1. The highest BCUT2D eigenvalue weighted by atomic mass is 16.5. The van der Waals surface area contributed by atoms with Gasteiger partial charge in [0.25, 0.3) is 0 Å². The van der Waals surface area contributed by atoms with Crippen LogP contribution in [0.2, 0.25) is 0 Å². The molecule has 1 amide bonds.